The Kier molecular flexibility index (Phi) is 3.38. The molecule has 0 aliphatic rings. The van der Waals surface area contributed by atoms with Gasteiger partial charge < -0.3 is 17.2 Å². The predicted molar refractivity (Wildman–Crippen MR) is 83.8 cm³/mol. The van der Waals surface area contributed by atoms with E-state index >= 15 is 0 Å². The lowest BCUT2D eigenvalue weighted by Gasteiger charge is -2.07. The minimum absolute atomic E-state index is 0.223. The molecule has 7 heteroatoms. The summed E-state index contributed by atoms with van der Waals surface area (Å²) in [5.74, 6) is 0.264. The SMILES string of the molecule is Nc1cc(Cc2cnn(-c3ccc(F)cc3)c2)c(N)c(N)n1. The van der Waals surface area contributed by atoms with E-state index in [-0.39, 0.29) is 11.6 Å². The average molecular weight is 298 g/mol. The number of benzene rings is 1. The van der Waals surface area contributed by atoms with Gasteiger partial charge in [0, 0.05) is 12.6 Å². The van der Waals surface area contributed by atoms with E-state index in [1.54, 1.807) is 29.1 Å². The first kappa shape index (κ1) is 13.9. The third kappa shape index (κ3) is 2.69. The molecule has 3 aromatic rings. The van der Waals surface area contributed by atoms with Crippen molar-refractivity contribution in [2.45, 2.75) is 6.42 Å². The van der Waals surface area contributed by atoms with Crippen LogP contribution >= 0.6 is 0 Å². The van der Waals surface area contributed by atoms with E-state index in [1.165, 1.54) is 12.1 Å². The topological polar surface area (TPSA) is 109 Å². The summed E-state index contributed by atoms with van der Waals surface area (Å²) in [6.45, 7) is 0. The van der Waals surface area contributed by atoms with Gasteiger partial charge in [0.25, 0.3) is 0 Å². The Bertz CT molecular complexity index is 809. The Morgan fingerprint density at radius 1 is 1.09 bits per heavy atom. The molecule has 3 rings (SSSR count). The number of halogens is 1. The van der Waals surface area contributed by atoms with Crippen LogP contribution in [0.1, 0.15) is 11.1 Å². The number of nitrogens with zero attached hydrogens (tertiary/aromatic N) is 3. The number of anilines is 3. The van der Waals surface area contributed by atoms with Gasteiger partial charge in [0.05, 0.1) is 17.6 Å². The molecule has 22 heavy (non-hydrogen) atoms. The standard InChI is InChI=1S/C15H15FN6/c16-11-1-3-12(4-2-11)22-8-9(7-20-22)5-10-6-13(17)21-15(19)14(10)18/h1-4,6-8H,5,18H2,(H4,17,19,21). The molecule has 0 amide bonds. The molecule has 0 bridgehead atoms. The fourth-order valence-corrected chi connectivity index (χ4v) is 2.20. The van der Waals surface area contributed by atoms with Gasteiger partial charge in [0.15, 0.2) is 0 Å². The highest BCUT2D eigenvalue weighted by Crippen LogP contribution is 2.23. The summed E-state index contributed by atoms with van der Waals surface area (Å²) >= 11 is 0. The van der Waals surface area contributed by atoms with Crippen molar-refractivity contribution in [2.75, 3.05) is 17.2 Å². The molecule has 0 atom stereocenters. The van der Waals surface area contributed by atoms with Gasteiger partial charge in [-0.05, 0) is 41.5 Å². The number of aromatic nitrogens is 3. The molecule has 0 saturated heterocycles. The number of pyridine rings is 1. The molecule has 2 aromatic heterocycles. The smallest absolute Gasteiger partial charge is 0.149 e. The predicted octanol–water partition coefficient (Wildman–Crippen LogP) is 1.74. The number of nitrogen functional groups attached to an aromatic ring is 3. The molecule has 0 spiro atoms. The lowest BCUT2D eigenvalue weighted by atomic mass is 10.1. The minimum Gasteiger partial charge on any atom is -0.396 e. The van der Waals surface area contributed by atoms with Crippen LogP contribution in [0.5, 0.6) is 0 Å². The summed E-state index contributed by atoms with van der Waals surface area (Å²) in [4.78, 5) is 3.91. The lowest BCUT2D eigenvalue weighted by molar-refractivity contribution is 0.627. The van der Waals surface area contributed by atoms with Crippen LogP contribution in [0.25, 0.3) is 5.69 Å². The van der Waals surface area contributed by atoms with Gasteiger partial charge in [0.1, 0.15) is 17.5 Å². The van der Waals surface area contributed by atoms with Gasteiger partial charge in [-0.15, -0.1) is 0 Å². The van der Waals surface area contributed by atoms with Gasteiger partial charge >= 0.3 is 0 Å². The molecule has 112 valence electrons. The van der Waals surface area contributed by atoms with Gasteiger partial charge in [-0.2, -0.15) is 5.10 Å². The van der Waals surface area contributed by atoms with Crippen LogP contribution in [0.2, 0.25) is 0 Å². The lowest BCUT2D eigenvalue weighted by Crippen LogP contribution is -2.05. The van der Waals surface area contributed by atoms with Crippen molar-refractivity contribution in [3.8, 4) is 5.69 Å². The highest BCUT2D eigenvalue weighted by Gasteiger charge is 2.09. The van der Waals surface area contributed by atoms with Crippen LogP contribution in [0, 0.1) is 5.82 Å². The van der Waals surface area contributed by atoms with Crippen molar-refractivity contribution < 1.29 is 4.39 Å². The molecule has 2 heterocycles. The monoisotopic (exact) mass is 298 g/mol. The van der Waals surface area contributed by atoms with Crippen molar-refractivity contribution in [1.82, 2.24) is 14.8 Å². The van der Waals surface area contributed by atoms with Gasteiger partial charge in [0.2, 0.25) is 0 Å². The summed E-state index contributed by atoms with van der Waals surface area (Å²) in [6, 6.07) is 7.78. The van der Waals surface area contributed by atoms with Crippen molar-refractivity contribution >= 4 is 17.3 Å². The molecule has 0 radical (unpaired) electrons. The Balaban J connectivity index is 1.87. The largest absolute Gasteiger partial charge is 0.396 e. The van der Waals surface area contributed by atoms with E-state index in [4.69, 9.17) is 17.2 Å². The van der Waals surface area contributed by atoms with Crippen molar-refractivity contribution in [3.63, 3.8) is 0 Å². The average Bonchev–Trinajstić information content (AvgIpc) is 2.93. The van der Waals surface area contributed by atoms with E-state index < -0.39 is 0 Å². The number of nitrogens with two attached hydrogens (primary N) is 3. The normalized spacial score (nSPS) is 10.8. The fraction of sp³-hybridized carbons (Fsp3) is 0.0667. The van der Waals surface area contributed by atoms with Crippen molar-refractivity contribution in [2.24, 2.45) is 0 Å². The number of hydrogen-bond donors (Lipinski definition) is 3. The van der Waals surface area contributed by atoms with Gasteiger partial charge in [-0.3, -0.25) is 0 Å². The van der Waals surface area contributed by atoms with Crippen LogP contribution in [0.4, 0.5) is 21.7 Å². The number of rotatable bonds is 3. The maximum absolute atomic E-state index is 12.9. The first-order valence-electron chi connectivity index (χ1n) is 6.63. The summed E-state index contributed by atoms with van der Waals surface area (Å²) in [6.07, 6.45) is 4.10. The van der Waals surface area contributed by atoms with Crippen LogP contribution in [-0.4, -0.2) is 14.8 Å². The van der Waals surface area contributed by atoms with Crippen molar-refractivity contribution in [3.05, 3.63) is 59.7 Å². The first-order chi connectivity index (χ1) is 10.5. The zero-order valence-corrected chi connectivity index (χ0v) is 11.7. The van der Waals surface area contributed by atoms with E-state index in [0.29, 0.717) is 17.9 Å². The van der Waals surface area contributed by atoms with Crippen LogP contribution in [-0.2, 0) is 6.42 Å². The molecule has 6 N–H and O–H groups in total. The third-order valence-electron chi connectivity index (χ3n) is 3.32. The van der Waals surface area contributed by atoms with E-state index in [9.17, 15) is 4.39 Å². The molecule has 0 aliphatic heterocycles. The quantitative estimate of drug-likeness (QED) is 0.682. The van der Waals surface area contributed by atoms with Crippen LogP contribution in [0.3, 0.4) is 0 Å². The van der Waals surface area contributed by atoms with E-state index in [1.807, 2.05) is 6.20 Å². The Morgan fingerprint density at radius 2 is 1.82 bits per heavy atom. The zero-order chi connectivity index (χ0) is 15.7. The summed E-state index contributed by atoms with van der Waals surface area (Å²) in [7, 11) is 0. The molecule has 0 saturated carbocycles. The van der Waals surface area contributed by atoms with E-state index in [0.717, 1.165) is 16.8 Å². The second kappa shape index (κ2) is 5.36. The molecular formula is C15H15FN6. The highest BCUT2D eigenvalue weighted by molar-refractivity contribution is 5.67. The van der Waals surface area contributed by atoms with Crippen LogP contribution < -0.4 is 17.2 Å². The molecular weight excluding hydrogens is 283 g/mol. The Morgan fingerprint density at radius 3 is 2.55 bits per heavy atom. The first-order valence-corrected chi connectivity index (χ1v) is 6.63. The molecule has 0 unspecified atom stereocenters. The summed E-state index contributed by atoms with van der Waals surface area (Å²) in [5.41, 5.74) is 20.2. The molecule has 0 fully saturated rings. The maximum Gasteiger partial charge on any atom is 0.149 e. The molecule has 1 aromatic carbocycles. The number of hydrogen-bond acceptors (Lipinski definition) is 5. The Labute approximate surface area is 126 Å². The second-order valence-electron chi connectivity index (χ2n) is 4.95. The van der Waals surface area contributed by atoms with E-state index in [2.05, 4.69) is 10.1 Å². The zero-order valence-electron chi connectivity index (χ0n) is 11.7. The summed E-state index contributed by atoms with van der Waals surface area (Å²) in [5, 5.41) is 4.26. The minimum atomic E-state index is -0.286. The van der Waals surface area contributed by atoms with Crippen molar-refractivity contribution in [1.29, 1.82) is 0 Å². The molecule has 6 nitrogen and oxygen atoms in total. The van der Waals surface area contributed by atoms with Gasteiger partial charge in [-0.25, -0.2) is 14.1 Å². The van der Waals surface area contributed by atoms with Gasteiger partial charge in [-0.1, -0.05) is 0 Å². The molecule has 0 aliphatic carbocycles. The third-order valence-corrected chi connectivity index (χ3v) is 3.32. The highest BCUT2D eigenvalue weighted by atomic mass is 19.1. The fourth-order valence-electron chi connectivity index (χ4n) is 2.20. The summed E-state index contributed by atoms with van der Waals surface area (Å²) < 4.78 is 14.6. The maximum atomic E-state index is 12.9. The van der Waals surface area contributed by atoms with Crippen LogP contribution in [0.15, 0.2) is 42.7 Å². The Hall–Kier alpha value is -3.09. The second-order valence-corrected chi connectivity index (χ2v) is 4.95.